The highest BCUT2D eigenvalue weighted by atomic mass is 16.1. The largest absolute Gasteiger partial charge is 0.412 e. The van der Waals surface area contributed by atoms with Crippen LogP contribution in [0.5, 0.6) is 0 Å². The molecule has 22 heavy (non-hydrogen) atoms. The Balaban J connectivity index is 0.00000242. The molecule has 3 N–H and O–H groups in total. The number of anilines is 2. The van der Waals surface area contributed by atoms with E-state index in [1.807, 2.05) is 50.2 Å². The van der Waals surface area contributed by atoms with E-state index in [0.717, 1.165) is 17.2 Å². The molecule has 0 saturated carbocycles. The standard InChI is InChI=1S/C14H20N6O.H2O/c1-11-16-17-18-20(11)10-4-5-14(21)15-12-6-8-13(9-7-12)19(2)3;/h6-9H,4-5,10H2,1-3H3,(H,15,21);1H2. The van der Waals surface area contributed by atoms with Crippen LogP contribution in [0.4, 0.5) is 11.4 Å². The van der Waals surface area contributed by atoms with E-state index in [2.05, 4.69) is 20.8 Å². The summed E-state index contributed by atoms with van der Waals surface area (Å²) in [6.07, 6.45) is 1.14. The van der Waals surface area contributed by atoms with E-state index < -0.39 is 0 Å². The topological polar surface area (TPSA) is 107 Å². The zero-order valence-electron chi connectivity index (χ0n) is 13.1. The highest BCUT2D eigenvalue weighted by Gasteiger charge is 2.05. The molecule has 0 fully saturated rings. The molecule has 2 rings (SSSR count). The molecular formula is C14H22N6O2. The third-order valence-corrected chi connectivity index (χ3v) is 3.15. The van der Waals surface area contributed by atoms with Crippen LogP contribution in [0.3, 0.4) is 0 Å². The van der Waals surface area contributed by atoms with Gasteiger partial charge in [0.15, 0.2) is 0 Å². The number of tetrazole rings is 1. The number of hydrogen-bond acceptors (Lipinski definition) is 5. The number of benzene rings is 1. The van der Waals surface area contributed by atoms with Gasteiger partial charge in [0.1, 0.15) is 5.82 Å². The molecule has 0 atom stereocenters. The van der Waals surface area contributed by atoms with Crippen molar-refractivity contribution >= 4 is 17.3 Å². The van der Waals surface area contributed by atoms with Crippen LogP contribution in [0.25, 0.3) is 0 Å². The highest BCUT2D eigenvalue weighted by molar-refractivity contribution is 5.90. The summed E-state index contributed by atoms with van der Waals surface area (Å²) in [7, 11) is 3.96. The maximum absolute atomic E-state index is 11.9. The molecule has 0 bridgehead atoms. The second kappa shape index (κ2) is 8.08. The van der Waals surface area contributed by atoms with E-state index in [1.165, 1.54) is 0 Å². The van der Waals surface area contributed by atoms with Crippen molar-refractivity contribution in [3.8, 4) is 0 Å². The van der Waals surface area contributed by atoms with Gasteiger partial charge in [0.25, 0.3) is 0 Å². The summed E-state index contributed by atoms with van der Waals surface area (Å²) >= 11 is 0. The summed E-state index contributed by atoms with van der Waals surface area (Å²) in [5.74, 6) is 0.757. The van der Waals surface area contributed by atoms with Crippen molar-refractivity contribution in [2.24, 2.45) is 0 Å². The Hall–Kier alpha value is -2.48. The van der Waals surface area contributed by atoms with Crippen molar-refractivity contribution in [2.75, 3.05) is 24.3 Å². The fraction of sp³-hybridized carbons (Fsp3) is 0.429. The predicted octanol–water partition coefficient (Wildman–Crippen LogP) is 0.642. The maximum Gasteiger partial charge on any atom is 0.224 e. The van der Waals surface area contributed by atoms with Crippen LogP contribution < -0.4 is 10.2 Å². The van der Waals surface area contributed by atoms with Gasteiger partial charge in [-0.05, 0) is 48.0 Å². The lowest BCUT2D eigenvalue weighted by Gasteiger charge is -2.13. The van der Waals surface area contributed by atoms with Crippen LogP contribution in [0.15, 0.2) is 24.3 Å². The quantitative estimate of drug-likeness (QED) is 0.842. The minimum absolute atomic E-state index is 0. The first-order valence-corrected chi connectivity index (χ1v) is 6.86. The molecule has 1 aromatic heterocycles. The molecule has 0 radical (unpaired) electrons. The molecule has 2 aromatic rings. The van der Waals surface area contributed by atoms with Gasteiger partial charge in [-0.3, -0.25) is 4.79 Å². The number of nitrogens with one attached hydrogen (secondary N) is 1. The van der Waals surface area contributed by atoms with Crippen LogP contribution in [-0.4, -0.2) is 45.7 Å². The monoisotopic (exact) mass is 306 g/mol. The summed E-state index contributed by atoms with van der Waals surface area (Å²) in [6, 6.07) is 7.75. The molecule has 0 saturated heterocycles. The zero-order chi connectivity index (χ0) is 15.2. The third kappa shape index (κ3) is 4.81. The molecule has 120 valence electrons. The normalized spacial score (nSPS) is 9.95. The number of aromatic nitrogens is 4. The molecule has 0 unspecified atom stereocenters. The van der Waals surface area contributed by atoms with Crippen molar-refractivity contribution in [3.63, 3.8) is 0 Å². The van der Waals surface area contributed by atoms with Crippen molar-refractivity contribution in [1.29, 1.82) is 0 Å². The molecule has 8 nitrogen and oxygen atoms in total. The van der Waals surface area contributed by atoms with Gasteiger partial charge >= 0.3 is 0 Å². The number of rotatable bonds is 6. The van der Waals surface area contributed by atoms with E-state index in [1.54, 1.807) is 4.68 Å². The maximum atomic E-state index is 11.9. The second-order valence-electron chi connectivity index (χ2n) is 5.04. The van der Waals surface area contributed by atoms with E-state index in [9.17, 15) is 4.79 Å². The zero-order valence-corrected chi connectivity index (χ0v) is 13.1. The Labute approximate surface area is 129 Å². The van der Waals surface area contributed by atoms with Crippen molar-refractivity contribution in [2.45, 2.75) is 26.3 Å². The predicted molar refractivity (Wildman–Crippen MR) is 84.8 cm³/mol. The van der Waals surface area contributed by atoms with Gasteiger partial charge in [0, 0.05) is 38.4 Å². The van der Waals surface area contributed by atoms with Crippen LogP contribution in [0, 0.1) is 6.92 Å². The van der Waals surface area contributed by atoms with Gasteiger partial charge in [-0.2, -0.15) is 0 Å². The van der Waals surface area contributed by atoms with Gasteiger partial charge in [-0.1, -0.05) is 0 Å². The second-order valence-corrected chi connectivity index (χ2v) is 5.04. The molecule has 8 heteroatoms. The minimum atomic E-state index is -0.00155. The molecule has 0 spiro atoms. The average Bonchev–Trinajstić information content (AvgIpc) is 2.85. The molecule has 0 aliphatic carbocycles. The van der Waals surface area contributed by atoms with Crippen molar-refractivity contribution in [1.82, 2.24) is 20.2 Å². The molecule has 1 heterocycles. The lowest BCUT2D eigenvalue weighted by molar-refractivity contribution is -0.116. The Kier molecular flexibility index (Phi) is 6.46. The van der Waals surface area contributed by atoms with Gasteiger partial charge in [-0.25, -0.2) is 4.68 Å². The number of nitrogens with zero attached hydrogens (tertiary/aromatic N) is 5. The molecule has 1 aromatic carbocycles. The molecule has 0 aliphatic rings. The number of carbonyl (C=O) groups excluding carboxylic acids is 1. The highest BCUT2D eigenvalue weighted by Crippen LogP contribution is 2.15. The third-order valence-electron chi connectivity index (χ3n) is 3.15. The average molecular weight is 306 g/mol. The summed E-state index contributed by atoms with van der Waals surface area (Å²) in [5.41, 5.74) is 1.91. The molecule has 0 aliphatic heterocycles. The summed E-state index contributed by atoms with van der Waals surface area (Å²) in [6.45, 7) is 2.48. The number of amides is 1. The van der Waals surface area contributed by atoms with E-state index in [-0.39, 0.29) is 11.4 Å². The summed E-state index contributed by atoms with van der Waals surface area (Å²) < 4.78 is 1.69. The van der Waals surface area contributed by atoms with Gasteiger partial charge in [0.05, 0.1) is 0 Å². The first-order valence-electron chi connectivity index (χ1n) is 6.86. The number of hydrogen-bond donors (Lipinski definition) is 1. The molecular weight excluding hydrogens is 284 g/mol. The van der Waals surface area contributed by atoms with E-state index >= 15 is 0 Å². The van der Waals surface area contributed by atoms with Gasteiger partial charge < -0.3 is 15.7 Å². The smallest absolute Gasteiger partial charge is 0.224 e. The Morgan fingerprint density at radius 1 is 1.27 bits per heavy atom. The lowest BCUT2D eigenvalue weighted by Crippen LogP contribution is -2.13. The molecule has 1 amide bonds. The summed E-state index contributed by atoms with van der Waals surface area (Å²) in [5, 5.41) is 14.1. The van der Waals surface area contributed by atoms with Crippen LogP contribution in [0.2, 0.25) is 0 Å². The van der Waals surface area contributed by atoms with Crippen molar-refractivity contribution in [3.05, 3.63) is 30.1 Å². The fourth-order valence-electron chi connectivity index (χ4n) is 1.91. The lowest BCUT2D eigenvalue weighted by atomic mass is 10.2. The summed E-state index contributed by atoms with van der Waals surface area (Å²) in [4.78, 5) is 13.9. The number of aryl methyl sites for hydroxylation is 2. The fourth-order valence-corrected chi connectivity index (χ4v) is 1.91. The minimum Gasteiger partial charge on any atom is -0.412 e. The van der Waals surface area contributed by atoms with Crippen LogP contribution in [0.1, 0.15) is 18.7 Å². The Morgan fingerprint density at radius 3 is 2.50 bits per heavy atom. The SMILES string of the molecule is Cc1nnnn1CCCC(=O)Nc1ccc(N(C)C)cc1.O. The Bertz CT molecular complexity index is 594. The van der Waals surface area contributed by atoms with Crippen LogP contribution in [-0.2, 0) is 11.3 Å². The van der Waals surface area contributed by atoms with Gasteiger partial charge in [-0.15, -0.1) is 5.10 Å². The first-order chi connectivity index (χ1) is 10.1. The number of carbonyl (C=O) groups is 1. The first kappa shape index (κ1) is 17.6. The van der Waals surface area contributed by atoms with Crippen LogP contribution >= 0.6 is 0 Å². The Morgan fingerprint density at radius 2 is 1.95 bits per heavy atom. The van der Waals surface area contributed by atoms with E-state index in [4.69, 9.17) is 0 Å². The van der Waals surface area contributed by atoms with Gasteiger partial charge in [0.2, 0.25) is 5.91 Å². The van der Waals surface area contributed by atoms with Crippen molar-refractivity contribution < 1.29 is 10.3 Å². The van der Waals surface area contributed by atoms with E-state index in [0.29, 0.717) is 19.4 Å².